The molecule has 3 heteroatoms. The van der Waals surface area contributed by atoms with Gasteiger partial charge in [0.05, 0.1) is 11.5 Å². The van der Waals surface area contributed by atoms with Crippen LogP contribution in [0.15, 0.2) is 0 Å². The lowest BCUT2D eigenvalue weighted by atomic mass is 9.74. The van der Waals surface area contributed by atoms with Gasteiger partial charge >= 0.3 is 0 Å². The van der Waals surface area contributed by atoms with Crippen molar-refractivity contribution in [2.75, 3.05) is 0 Å². The number of nitrogens with two attached hydrogens (primary N) is 1. The number of primary amides is 1. The molecule has 0 aliphatic carbocycles. The molecule has 0 fully saturated rings. The SMILES string of the molecule is CCCC(CCC)(CC(C)O)C(N)=O. The predicted molar refractivity (Wildman–Crippen MR) is 57.7 cm³/mol. The molecule has 84 valence electrons. The standard InChI is InChI=1S/C11H23NO2/c1-4-6-11(7-5-2,10(12)14)8-9(3)13/h9,13H,4-8H2,1-3H3,(H2,12,14). The number of hydrogen-bond acceptors (Lipinski definition) is 2. The minimum Gasteiger partial charge on any atom is -0.393 e. The van der Waals surface area contributed by atoms with Gasteiger partial charge in [-0.15, -0.1) is 0 Å². The molecule has 0 bridgehead atoms. The van der Waals surface area contributed by atoms with Crippen molar-refractivity contribution in [2.45, 2.75) is 59.0 Å². The van der Waals surface area contributed by atoms with Crippen LogP contribution in [0.4, 0.5) is 0 Å². The highest BCUT2D eigenvalue weighted by atomic mass is 16.3. The van der Waals surface area contributed by atoms with Crippen molar-refractivity contribution in [3.63, 3.8) is 0 Å². The zero-order chi connectivity index (χ0) is 11.2. The largest absolute Gasteiger partial charge is 0.393 e. The third kappa shape index (κ3) is 3.66. The maximum absolute atomic E-state index is 11.4. The lowest BCUT2D eigenvalue weighted by molar-refractivity contribution is -0.130. The molecular formula is C11H23NO2. The second-order valence-electron chi connectivity index (χ2n) is 4.20. The monoisotopic (exact) mass is 201 g/mol. The zero-order valence-electron chi connectivity index (χ0n) is 9.55. The van der Waals surface area contributed by atoms with Crippen LogP contribution in [0.3, 0.4) is 0 Å². The van der Waals surface area contributed by atoms with Gasteiger partial charge < -0.3 is 10.8 Å². The minimum absolute atomic E-state index is 0.262. The lowest BCUT2D eigenvalue weighted by Crippen LogP contribution is -2.39. The predicted octanol–water partition coefficient (Wildman–Crippen LogP) is 1.83. The average molecular weight is 201 g/mol. The third-order valence-corrected chi connectivity index (χ3v) is 2.67. The maximum Gasteiger partial charge on any atom is 0.223 e. The first-order chi connectivity index (χ1) is 6.48. The Morgan fingerprint density at radius 3 is 2.00 bits per heavy atom. The van der Waals surface area contributed by atoms with E-state index in [4.69, 9.17) is 5.73 Å². The van der Waals surface area contributed by atoms with E-state index in [1.54, 1.807) is 6.92 Å². The number of amides is 1. The second-order valence-corrected chi connectivity index (χ2v) is 4.20. The van der Waals surface area contributed by atoms with Gasteiger partial charge in [0.25, 0.3) is 0 Å². The van der Waals surface area contributed by atoms with Gasteiger partial charge in [0.2, 0.25) is 5.91 Å². The molecule has 1 atom stereocenters. The molecule has 3 N–H and O–H groups in total. The summed E-state index contributed by atoms with van der Waals surface area (Å²) in [5.74, 6) is -0.262. The fourth-order valence-corrected chi connectivity index (χ4v) is 2.20. The summed E-state index contributed by atoms with van der Waals surface area (Å²) in [6.07, 6.45) is 3.44. The smallest absolute Gasteiger partial charge is 0.223 e. The van der Waals surface area contributed by atoms with Gasteiger partial charge in [-0.2, -0.15) is 0 Å². The van der Waals surface area contributed by atoms with Crippen LogP contribution in [0.25, 0.3) is 0 Å². The fourth-order valence-electron chi connectivity index (χ4n) is 2.20. The Morgan fingerprint density at radius 2 is 1.79 bits per heavy atom. The fraction of sp³-hybridized carbons (Fsp3) is 0.909. The molecular weight excluding hydrogens is 178 g/mol. The topological polar surface area (TPSA) is 63.3 Å². The molecule has 0 spiro atoms. The number of carbonyl (C=O) groups excluding carboxylic acids is 1. The molecule has 0 aliphatic rings. The van der Waals surface area contributed by atoms with E-state index in [1.165, 1.54) is 0 Å². The summed E-state index contributed by atoms with van der Waals surface area (Å²) >= 11 is 0. The molecule has 14 heavy (non-hydrogen) atoms. The van der Waals surface area contributed by atoms with Crippen LogP contribution in [0.5, 0.6) is 0 Å². The highest BCUT2D eigenvalue weighted by Crippen LogP contribution is 2.34. The molecule has 1 unspecified atom stereocenters. The molecule has 0 aromatic carbocycles. The average Bonchev–Trinajstić information content (AvgIpc) is 2.03. The van der Waals surface area contributed by atoms with Gasteiger partial charge in [-0.25, -0.2) is 0 Å². The van der Waals surface area contributed by atoms with Crippen molar-refractivity contribution in [2.24, 2.45) is 11.1 Å². The Morgan fingerprint density at radius 1 is 1.36 bits per heavy atom. The molecule has 0 aromatic rings. The first kappa shape index (κ1) is 13.4. The van der Waals surface area contributed by atoms with E-state index in [0.29, 0.717) is 6.42 Å². The number of aliphatic hydroxyl groups is 1. The third-order valence-electron chi connectivity index (χ3n) is 2.67. The highest BCUT2D eigenvalue weighted by Gasteiger charge is 2.35. The van der Waals surface area contributed by atoms with E-state index < -0.39 is 11.5 Å². The van der Waals surface area contributed by atoms with Crippen molar-refractivity contribution < 1.29 is 9.90 Å². The molecule has 0 saturated carbocycles. The molecule has 0 saturated heterocycles. The van der Waals surface area contributed by atoms with Gasteiger partial charge in [0.1, 0.15) is 0 Å². The molecule has 0 aromatic heterocycles. The quantitative estimate of drug-likeness (QED) is 0.660. The Labute approximate surface area is 86.7 Å². The van der Waals surface area contributed by atoms with E-state index >= 15 is 0 Å². The van der Waals surface area contributed by atoms with Crippen molar-refractivity contribution in [3.05, 3.63) is 0 Å². The van der Waals surface area contributed by atoms with Gasteiger partial charge in [-0.1, -0.05) is 26.7 Å². The van der Waals surface area contributed by atoms with Crippen molar-refractivity contribution >= 4 is 5.91 Å². The van der Waals surface area contributed by atoms with Crippen LogP contribution in [-0.4, -0.2) is 17.1 Å². The minimum atomic E-state index is -0.488. The van der Waals surface area contributed by atoms with Crippen molar-refractivity contribution in [1.82, 2.24) is 0 Å². The number of hydrogen-bond donors (Lipinski definition) is 2. The lowest BCUT2D eigenvalue weighted by Gasteiger charge is -2.31. The number of carbonyl (C=O) groups is 1. The maximum atomic E-state index is 11.4. The normalized spacial score (nSPS) is 14.0. The van der Waals surface area contributed by atoms with Crippen LogP contribution in [0.1, 0.15) is 52.9 Å². The summed E-state index contributed by atoms with van der Waals surface area (Å²) in [6, 6.07) is 0. The molecule has 0 radical (unpaired) electrons. The van der Waals surface area contributed by atoms with Crippen molar-refractivity contribution in [1.29, 1.82) is 0 Å². The Balaban J connectivity index is 4.64. The summed E-state index contributed by atoms with van der Waals surface area (Å²) in [4.78, 5) is 11.4. The Kier molecular flexibility index (Phi) is 5.77. The van der Waals surface area contributed by atoms with Crippen molar-refractivity contribution in [3.8, 4) is 0 Å². The Hall–Kier alpha value is -0.570. The summed E-state index contributed by atoms with van der Waals surface area (Å²) in [5.41, 5.74) is 4.95. The summed E-state index contributed by atoms with van der Waals surface area (Å²) in [7, 11) is 0. The molecule has 1 amide bonds. The van der Waals surface area contributed by atoms with Crippen LogP contribution >= 0.6 is 0 Å². The van der Waals surface area contributed by atoms with E-state index in [-0.39, 0.29) is 5.91 Å². The van der Waals surface area contributed by atoms with E-state index in [1.807, 2.05) is 13.8 Å². The van der Waals surface area contributed by atoms with E-state index in [9.17, 15) is 9.90 Å². The van der Waals surface area contributed by atoms with Crippen LogP contribution in [0.2, 0.25) is 0 Å². The van der Waals surface area contributed by atoms with Gasteiger partial charge in [-0.3, -0.25) is 4.79 Å². The van der Waals surface area contributed by atoms with Crippen LogP contribution in [0, 0.1) is 5.41 Å². The first-order valence-corrected chi connectivity index (χ1v) is 5.46. The van der Waals surface area contributed by atoms with Gasteiger partial charge in [0, 0.05) is 0 Å². The number of aliphatic hydroxyl groups excluding tert-OH is 1. The number of rotatable bonds is 7. The molecule has 3 nitrogen and oxygen atoms in total. The molecule has 0 aliphatic heterocycles. The first-order valence-electron chi connectivity index (χ1n) is 5.46. The van der Waals surface area contributed by atoms with Crippen LogP contribution in [-0.2, 0) is 4.79 Å². The summed E-state index contributed by atoms with van der Waals surface area (Å²) in [6.45, 7) is 5.79. The van der Waals surface area contributed by atoms with E-state index in [0.717, 1.165) is 25.7 Å². The second kappa shape index (κ2) is 6.02. The Bertz CT molecular complexity index is 172. The molecule has 0 rings (SSSR count). The van der Waals surface area contributed by atoms with Gasteiger partial charge in [-0.05, 0) is 26.2 Å². The van der Waals surface area contributed by atoms with Gasteiger partial charge in [0.15, 0.2) is 0 Å². The summed E-state index contributed by atoms with van der Waals surface area (Å²) in [5, 5.41) is 9.38. The van der Waals surface area contributed by atoms with Crippen LogP contribution < -0.4 is 5.73 Å². The zero-order valence-corrected chi connectivity index (χ0v) is 9.55. The summed E-state index contributed by atoms with van der Waals surface area (Å²) < 4.78 is 0. The van der Waals surface area contributed by atoms with E-state index in [2.05, 4.69) is 0 Å². The highest BCUT2D eigenvalue weighted by molar-refractivity contribution is 5.80. The molecule has 0 heterocycles.